The number of benzene rings is 1. The fraction of sp³-hybridized carbons (Fsp3) is 0.294. The van der Waals surface area contributed by atoms with Crippen molar-refractivity contribution in [1.82, 2.24) is 0 Å². The largest absolute Gasteiger partial charge is 0.485 e. The second-order valence-corrected chi connectivity index (χ2v) is 4.75. The maximum absolute atomic E-state index is 12.1. The molecule has 1 atom stereocenters. The van der Waals surface area contributed by atoms with Gasteiger partial charge >= 0.3 is 5.97 Å². The molecule has 1 heterocycles. The summed E-state index contributed by atoms with van der Waals surface area (Å²) < 4.78 is 10.8. The van der Waals surface area contributed by atoms with E-state index in [0.29, 0.717) is 5.76 Å². The second-order valence-electron chi connectivity index (χ2n) is 4.75. The maximum atomic E-state index is 12.1. The Morgan fingerprint density at radius 1 is 1.24 bits per heavy atom. The van der Waals surface area contributed by atoms with Crippen LogP contribution in [0.2, 0.25) is 0 Å². The Morgan fingerprint density at radius 2 is 1.90 bits per heavy atom. The Labute approximate surface area is 124 Å². The molecule has 1 aliphatic heterocycles. The topological polar surface area (TPSA) is 52.6 Å². The van der Waals surface area contributed by atoms with Crippen LogP contribution in [0.25, 0.3) is 5.76 Å². The third kappa shape index (κ3) is 3.21. The van der Waals surface area contributed by atoms with Crippen LogP contribution in [-0.2, 0) is 19.1 Å². The number of hydrogen-bond donors (Lipinski definition) is 0. The standard InChI is InChI=1S/C17H18O4/c1-4-20-17(19)14-10-11(2)21-16(15(14)12(3)18)13-8-6-5-7-9-13/h5-11H,4H2,1-3H3. The van der Waals surface area contributed by atoms with Crippen LogP contribution in [0, 0.1) is 0 Å². The molecule has 2 rings (SSSR count). The van der Waals surface area contributed by atoms with Gasteiger partial charge in [0.2, 0.25) is 0 Å². The Bertz CT molecular complexity index is 611. The monoisotopic (exact) mass is 286 g/mol. The molecular formula is C17H18O4. The third-order valence-electron chi connectivity index (χ3n) is 3.08. The predicted molar refractivity (Wildman–Crippen MR) is 79.3 cm³/mol. The molecule has 0 radical (unpaired) electrons. The fourth-order valence-electron chi connectivity index (χ4n) is 2.25. The van der Waals surface area contributed by atoms with Crippen LogP contribution in [0.15, 0.2) is 47.6 Å². The summed E-state index contributed by atoms with van der Waals surface area (Å²) in [5.74, 6) is -0.285. The van der Waals surface area contributed by atoms with Gasteiger partial charge in [0.05, 0.1) is 17.8 Å². The average Bonchev–Trinajstić information content (AvgIpc) is 2.47. The maximum Gasteiger partial charge on any atom is 0.338 e. The van der Waals surface area contributed by atoms with Gasteiger partial charge in [-0.25, -0.2) is 4.79 Å². The smallest absolute Gasteiger partial charge is 0.338 e. The first-order valence-electron chi connectivity index (χ1n) is 6.91. The first-order chi connectivity index (χ1) is 10.0. The lowest BCUT2D eigenvalue weighted by Gasteiger charge is -2.24. The summed E-state index contributed by atoms with van der Waals surface area (Å²) >= 11 is 0. The fourth-order valence-corrected chi connectivity index (χ4v) is 2.25. The van der Waals surface area contributed by atoms with Gasteiger partial charge in [-0.15, -0.1) is 0 Å². The van der Waals surface area contributed by atoms with Crippen LogP contribution in [0.3, 0.4) is 0 Å². The van der Waals surface area contributed by atoms with Gasteiger partial charge in [-0.1, -0.05) is 30.3 Å². The van der Waals surface area contributed by atoms with E-state index in [-0.39, 0.29) is 29.6 Å². The second kappa shape index (κ2) is 6.39. The summed E-state index contributed by atoms with van der Waals surface area (Å²) in [4.78, 5) is 24.1. The molecule has 0 saturated carbocycles. The lowest BCUT2D eigenvalue weighted by Crippen LogP contribution is -2.23. The van der Waals surface area contributed by atoms with Crippen LogP contribution in [-0.4, -0.2) is 24.5 Å². The molecule has 1 aliphatic rings. The number of ketones is 1. The molecule has 1 unspecified atom stereocenters. The number of carbonyl (C=O) groups excluding carboxylic acids is 2. The van der Waals surface area contributed by atoms with Gasteiger partial charge in [0.25, 0.3) is 0 Å². The molecule has 0 saturated heterocycles. The zero-order valence-corrected chi connectivity index (χ0v) is 12.4. The molecule has 0 amide bonds. The summed E-state index contributed by atoms with van der Waals surface area (Å²) in [6, 6.07) is 9.29. The van der Waals surface area contributed by atoms with Crippen molar-refractivity contribution in [1.29, 1.82) is 0 Å². The lowest BCUT2D eigenvalue weighted by atomic mass is 9.94. The van der Waals surface area contributed by atoms with Gasteiger partial charge in [-0.3, -0.25) is 4.79 Å². The van der Waals surface area contributed by atoms with Crippen LogP contribution in [0.5, 0.6) is 0 Å². The molecule has 4 nitrogen and oxygen atoms in total. The van der Waals surface area contributed by atoms with Gasteiger partial charge in [0.15, 0.2) is 5.78 Å². The highest BCUT2D eigenvalue weighted by Gasteiger charge is 2.30. The minimum atomic E-state index is -0.494. The number of carbonyl (C=O) groups is 2. The van der Waals surface area contributed by atoms with E-state index in [1.165, 1.54) is 6.92 Å². The Morgan fingerprint density at radius 3 is 2.48 bits per heavy atom. The van der Waals surface area contributed by atoms with E-state index in [1.54, 1.807) is 13.0 Å². The van der Waals surface area contributed by atoms with E-state index in [1.807, 2.05) is 37.3 Å². The Kier molecular flexibility index (Phi) is 4.58. The van der Waals surface area contributed by atoms with Gasteiger partial charge in [0, 0.05) is 5.56 Å². The van der Waals surface area contributed by atoms with Gasteiger partial charge in [-0.2, -0.15) is 0 Å². The van der Waals surface area contributed by atoms with Crippen LogP contribution in [0.1, 0.15) is 26.3 Å². The molecular weight excluding hydrogens is 268 g/mol. The van der Waals surface area contributed by atoms with E-state index >= 15 is 0 Å². The molecule has 1 aromatic carbocycles. The highest BCUT2D eigenvalue weighted by atomic mass is 16.5. The van der Waals surface area contributed by atoms with Crippen LogP contribution >= 0.6 is 0 Å². The first kappa shape index (κ1) is 15.0. The summed E-state index contributed by atoms with van der Waals surface area (Å²) in [5.41, 5.74) is 1.32. The van der Waals surface area contributed by atoms with Gasteiger partial charge in [0.1, 0.15) is 11.9 Å². The zero-order valence-electron chi connectivity index (χ0n) is 12.4. The van der Waals surface area contributed by atoms with Gasteiger partial charge < -0.3 is 9.47 Å². The average molecular weight is 286 g/mol. The van der Waals surface area contributed by atoms with E-state index in [2.05, 4.69) is 0 Å². The molecule has 0 N–H and O–H groups in total. The highest BCUT2D eigenvalue weighted by Crippen LogP contribution is 2.32. The number of Topliss-reactive ketones (excluding diaryl/α,β-unsaturated/α-hetero) is 1. The summed E-state index contributed by atoms with van der Waals surface area (Å²) in [5, 5.41) is 0. The number of esters is 1. The molecule has 21 heavy (non-hydrogen) atoms. The predicted octanol–water partition coefficient (Wildman–Crippen LogP) is 2.89. The van der Waals surface area contributed by atoms with Crippen molar-refractivity contribution in [2.24, 2.45) is 0 Å². The van der Waals surface area contributed by atoms with Crippen molar-refractivity contribution < 1.29 is 19.1 Å². The lowest BCUT2D eigenvalue weighted by molar-refractivity contribution is -0.138. The van der Waals surface area contributed by atoms with Crippen LogP contribution in [0.4, 0.5) is 0 Å². The van der Waals surface area contributed by atoms with E-state index < -0.39 is 5.97 Å². The van der Waals surface area contributed by atoms with Crippen LogP contribution < -0.4 is 0 Å². The summed E-state index contributed by atoms with van der Waals surface area (Å²) in [6.45, 7) is 5.23. The third-order valence-corrected chi connectivity index (χ3v) is 3.08. The molecule has 0 fully saturated rings. The molecule has 0 aromatic heterocycles. The SMILES string of the molecule is CCOC(=O)C1=CC(C)OC(c2ccccc2)=C1C(C)=O. The van der Waals surface area contributed by atoms with E-state index in [9.17, 15) is 9.59 Å². The Hall–Kier alpha value is -2.36. The molecule has 1 aromatic rings. The van der Waals surface area contributed by atoms with Crippen molar-refractivity contribution in [3.05, 3.63) is 53.1 Å². The molecule has 0 bridgehead atoms. The zero-order chi connectivity index (χ0) is 15.4. The number of rotatable bonds is 4. The molecule has 0 aliphatic carbocycles. The van der Waals surface area contributed by atoms with E-state index in [0.717, 1.165) is 5.56 Å². The summed E-state index contributed by atoms with van der Waals surface area (Å²) in [6.07, 6.45) is 1.32. The van der Waals surface area contributed by atoms with Crippen molar-refractivity contribution in [3.63, 3.8) is 0 Å². The first-order valence-corrected chi connectivity index (χ1v) is 6.91. The van der Waals surface area contributed by atoms with Crippen molar-refractivity contribution in [2.45, 2.75) is 26.9 Å². The summed E-state index contributed by atoms with van der Waals surface area (Å²) in [7, 11) is 0. The van der Waals surface area contributed by atoms with Gasteiger partial charge in [-0.05, 0) is 26.8 Å². The minimum absolute atomic E-state index is 0.222. The number of ether oxygens (including phenoxy) is 2. The van der Waals surface area contributed by atoms with Crippen molar-refractivity contribution >= 4 is 17.5 Å². The Balaban J connectivity index is 2.57. The highest BCUT2D eigenvalue weighted by molar-refractivity contribution is 6.13. The quantitative estimate of drug-likeness (QED) is 0.799. The van der Waals surface area contributed by atoms with Crippen molar-refractivity contribution in [2.75, 3.05) is 6.61 Å². The molecule has 110 valence electrons. The molecule has 4 heteroatoms. The number of hydrogen-bond acceptors (Lipinski definition) is 4. The minimum Gasteiger partial charge on any atom is -0.485 e. The molecule has 0 spiro atoms. The normalized spacial score (nSPS) is 17.9. The van der Waals surface area contributed by atoms with Crippen molar-refractivity contribution in [3.8, 4) is 0 Å². The van der Waals surface area contributed by atoms with E-state index in [4.69, 9.17) is 9.47 Å².